The van der Waals surface area contributed by atoms with Crippen LogP contribution in [0.1, 0.15) is 49.1 Å². The summed E-state index contributed by atoms with van der Waals surface area (Å²) in [5.41, 5.74) is 8.18. The maximum Gasteiger partial charge on any atom is 0.414 e. The van der Waals surface area contributed by atoms with Gasteiger partial charge in [-0.15, -0.1) is 0 Å². The lowest BCUT2D eigenvalue weighted by molar-refractivity contribution is 0.105. The molecule has 0 bridgehead atoms. The van der Waals surface area contributed by atoms with E-state index in [0.717, 1.165) is 5.75 Å². The van der Waals surface area contributed by atoms with E-state index in [4.69, 9.17) is 20.6 Å². The normalized spacial score (nSPS) is 19.8. The van der Waals surface area contributed by atoms with Gasteiger partial charge in [0, 0.05) is 11.3 Å². The molecule has 6 nitrogen and oxygen atoms in total. The minimum Gasteiger partial charge on any atom is -0.490 e. The maximum absolute atomic E-state index is 12.3. The van der Waals surface area contributed by atoms with Crippen molar-refractivity contribution in [2.24, 2.45) is 5.73 Å². The van der Waals surface area contributed by atoms with Gasteiger partial charge in [0.2, 0.25) is 0 Å². The Morgan fingerprint density at radius 1 is 1.14 bits per heavy atom. The van der Waals surface area contributed by atoms with Crippen molar-refractivity contribution in [3.05, 3.63) is 59.7 Å². The van der Waals surface area contributed by atoms with Gasteiger partial charge in [0.25, 0.3) is 0 Å². The average molecular weight is 393 g/mol. The summed E-state index contributed by atoms with van der Waals surface area (Å²) in [6, 6.07) is 15.4. The highest BCUT2D eigenvalue weighted by atomic mass is 16.6. The lowest BCUT2D eigenvalue weighted by atomic mass is 9.84. The molecule has 6 heteroatoms. The van der Waals surface area contributed by atoms with Crippen LogP contribution in [0, 0.1) is 5.41 Å². The molecule has 2 aliphatic rings. The van der Waals surface area contributed by atoms with Crippen LogP contribution in [0.5, 0.6) is 5.75 Å². The molecule has 2 aromatic rings. The number of amides is 1. The highest BCUT2D eigenvalue weighted by molar-refractivity contribution is 5.97. The van der Waals surface area contributed by atoms with Gasteiger partial charge in [0.15, 0.2) is 6.10 Å². The highest BCUT2D eigenvalue weighted by Gasteiger charge is 2.33. The average Bonchev–Trinajstić information content (AvgIpc) is 3.14. The summed E-state index contributed by atoms with van der Waals surface area (Å²) in [6.07, 6.45) is 5.79. The first kappa shape index (κ1) is 19.3. The fourth-order valence-corrected chi connectivity index (χ4v) is 4.12. The Hall–Kier alpha value is -3.02. The summed E-state index contributed by atoms with van der Waals surface area (Å²) < 4.78 is 11.3. The number of cyclic esters (lactones) is 1. The lowest BCUT2D eigenvalue weighted by Crippen LogP contribution is -2.27. The Balaban J connectivity index is 1.33. The fourth-order valence-electron chi connectivity index (χ4n) is 4.12. The summed E-state index contributed by atoms with van der Waals surface area (Å²) in [4.78, 5) is 13.8. The fraction of sp³-hybridized carbons (Fsp3) is 0.391. The zero-order chi connectivity index (χ0) is 20.2. The smallest absolute Gasteiger partial charge is 0.414 e. The standard InChI is InChI=1S/C23H27N3O3/c24-22(25)18-7-4-8-19(13-18)26-14-21(29-23(26)27)15-28-20-11-9-17(10-12-20)16-5-2-1-3-6-16/h4,7-13,16,21H,1-3,5-6,14-15H2,(H3,24,25). The van der Waals surface area contributed by atoms with E-state index in [1.807, 2.05) is 12.1 Å². The first-order valence-electron chi connectivity index (χ1n) is 10.3. The minimum atomic E-state index is -0.410. The van der Waals surface area contributed by atoms with Gasteiger partial charge in [-0.1, -0.05) is 43.5 Å². The number of nitrogen functional groups attached to an aromatic ring is 1. The molecule has 2 fully saturated rings. The summed E-state index contributed by atoms with van der Waals surface area (Å²) in [7, 11) is 0. The summed E-state index contributed by atoms with van der Waals surface area (Å²) in [5.74, 6) is 1.43. The van der Waals surface area contributed by atoms with Crippen molar-refractivity contribution in [1.82, 2.24) is 0 Å². The molecule has 0 radical (unpaired) electrons. The van der Waals surface area contributed by atoms with Gasteiger partial charge in [0.05, 0.1) is 6.54 Å². The van der Waals surface area contributed by atoms with Crippen molar-refractivity contribution >= 4 is 17.6 Å². The molecule has 0 aromatic heterocycles. The van der Waals surface area contributed by atoms with E-state index in [9.17, 15) is 4.79 Å². The molecule has 1 saturated heterocycles. The molecule has 1 heterocycles. The Morgan fingerprint density at radius 2 is 1.90 bits per heavy atom. The number of rotatable bonds is 6. The third-order valence-corrected chi connectivity index (χ3v) is 5.74. The molecule has 1 aliphatic carbocycles. The third-order valence-electron chi connectivity index (χ3n) is 5.74. The van der Waals surface area contributed by atoms with Crippen LogP contribution in [0.4, 0.5) is 10.5 Å². The van der Waals surface area contributed by atoms with Crippen LogP contribution in [0.15, 0.2) is 48.5 Å². The molecule has 1 aliphatic heterocycles. The van der Waals surface area contributed by atoms with Crippen molar-refractivity contribution in [1.29, 1.82) is 5.41 Å². The maximum atomic E-state index is 12.3. The molecule has 1 unspecified atom stereocenters. The number of hydrogen-bond donors (Lipinski definition) is 2. The van der Waals surface area contributed by atoms with Crippen molar-refractivity contribution in [3.63, 3.8) is 0 Å². The minimum absolute atomic E-state index is 0.0315. The van der Waals surface area contributed by atoms with Crippen LogP contribution >= 0.6 is 0 Å². The molecule has 2 aromatic carbocycles. The molecule has 4 rings (SSSR count). The predicted octanol–water partition coefficient (Wildman–Crippen LogP) is 4.42. The van der Waals surface area contributed by atoms with Gasteiger partial charge in [0.1, 0.15) is 18.2 Å². The number of nitrogens with one attached hydrogen (secondary N) is 1. The Bertz CT molecular complexity index is 875. The second-order valence-electron chi connectivity index (χ2n) is 7.80. The van der Waals surface area contributed by atoms with E-state index < -0.39 is 6.09 Å². The van der Waals surface area contributed by atoms with Gasteiger partial charge < -0.3 is 15.2 Å². The van der Waals surface area contributed by atoms with Crippen molar-refractivity contribution in [2.45, 2.75) is 44.1 Å². The van der Waals surface area contributed by atoms with E-state index in [1.165, 1.54) is 37.7 Å². The SMILES string of the molecule is N=C(N)c1cccc(N2CC(COc3ccc(C4CCCCC4)cc3)OC2=O)c1. The van der Waals surface area contributed by atoms with Gasteiger partial charge in [-0.2, -0.15) is 0 Å². The van der Waals surface area contributed by atoms with Crippen LogP contribution < -0.4 is 15.4 Å². The van der Waals surface area contributed by atoms with Crippen LogP contribution in [-0.4, -0.2) is 31.2 Å². The monoisotopic (exact) mass is 393 g/mol. The number of carbonyl (C=O) groups excluding carboxylic acids is 1. The van der Waals surface area contributed by atoms with Gasteiger partial charge in [-0.25, -0.2) is 4.79 Å². The highest BCUT2D eigenvalue weighted by Crippen LogP contribution is 2.33. The van der Waals surface area contributed by atoms with Crippen LogP contribution in [0.25, 0.3) is 0 Å². The number of hydrogen-bond acceptors (Lipinski definition) is 4. The second-order valence-corrected chi connectivity index (χ2v) is 7.80. The summed E-state index contributed by atoms with van der Waals surface area (Å²) in [6.45, 7) is 0.706. The predicted molar refractivity (Wildman–Crippen MR) is 113 cm³/mol. The van der Waals surface area contributed by atoms with Crippen molar-refractivity contribution in [3.8, 4) is 5.75 Å². The zero-order valence-electron chi connectivity index (χ0n) is 16.5. The molecule has 1 saturated carbocycles. The van der Waals surface area contributed by atoms with E-state index in [-0.39, 0.29) is 11.9 Å². The van der Waals surface area contributed by atoms with Gasteiger partial charge in [-0.3, -0.25) is 10.3 Å². The molecule has 1 atom stereocenters. The number of carbonyl (C=O) groups is 1. The molecular weight excluding hydrogens is 366 g/mol. The van der Waals surface area contributed by atoms with Crippen LogP contribution in [-0.2, 0) is 4.74 Å². The largest absolute Gasteiger partial charge is 0.490 e. The topological polar surface area (TPSA) is 88.6 Å². The summed E-state index contributed by atoms with van der Waals surface area (Å²) in [5, 5.41) is 7.56. The van der Waals surface area contributed by atoms with E-state index in [2.05, 4.69) is 12.1 Å². The zero-order valence-corrected chi connectivity index (χ0v) is 16.5. The van der Waals surface area contributed by atoms with E-state index >= 15 is 0 Å². The number of nitrogens with two attached hydrogens (primary N) is 1. The van der Waals surface area contributed by atoms with Crippen molar-refractivity contribution in [2.75, 3.05) is 18.1 Å². The Morgan fingerprint density at radius 3 is 2.62 bits per heavy atom. The Kier molecular flexibility index (Phi) is 5.69. The van der Waals surface area contributed by atoms with Crippen LogP contribution in [0.2, 0.25) is 0 Å². The van der Waals surface area contributed by atoms with E-state index in [1.54, 1.807) is 29.2 Å². The summed E-state index contributed by atoms with van der Waals surface area (Å²) >= 11 is 0. The lowest BCUT2D eigenvalue weighted by Gasteiger charge is -2.22. The molecule has 1 amide bonds. The molecule has 0 spiro atoms. The first-order valence-corrected chi connectivity index (χ1v) is 10.3. The molecule has 29 heavy (non-hydrogen) atoms. The number of nitrogens with zero attached hydrogens (tertiary/aromatic N) is 1. The third kappa shape index (κ3) is 4.53. The molecule has 152 valence electrons. The van der Waals surface area contributed by atoms with Gasteiger partial charge >= 0.3 is 6.09 Å². The van der Waals surface area contributed by atoms with Crippen molar-refractivity contribution < 1.29 is 14.3 Å². The molecular formula is C23H27N3O3. The second kappa shape index (κ2) is 8.55. The number of benzene rings is 2. The number of ether oxygens (including phenoxy) is 2. The van der Waals surface area contributed by atoms with E-state index in [0.29, 0.717) is 30.3 Å². The van der Waals surface area contributed by atoms with Gasteiger partial charge in [-0.05, 0) is 48.6 Å². The number of amidine groups is 1. The quantitative estimate of drug-likeness (QED) is 0.561. The van der Waals surface area contributed by atoms with Crippen LogP contribution in [0.3, 0.4) is 0 Å². The number of anilines is 1. The molecule has 3 N–H and O–H groups in total. The Labute approximate surface area is 171 Å². The first-order chi connectivity index (χ1) is 14.1.